The molecule has 0 radical (unpaired) electrons. The number of benzene rings is 2. The molecule has 0 aliphatic carbocycles. The molecule has 0 saturated heterocycles. The van der Waals surface area contributed by atoms with Crippen LogP contribution in [0.15, 0.2) is 36.4 Å². The fourth-order valence-corrected chi connectivity index (χ4v) is 2.00. The van der Waals surface area contributed by atoms with Crippen LogP contribution in [0.3, 0.4) is 0 Å². The lowest BCUT2D eigenvalue weighted by Gasteiger charge is -2.11. The quantitative estimate of drug-likeness (QED) is 0.653. The third kappa shape index (κ3) is 3.83. The third-order valence-corrected chi connectivity index (χ3v) is 3.20. The number of amides is 1. The predicted octanol–water partition coefficient (Wildman–Crippen LogP) is 3.83. The van der Waals surface area contributed by atoms with Crippen molar-refractivity contribution in [2.45, 2.75) is 13.1 Å². The summed E-state index contributed by atoms with van der Waals surface area (Å²) >= 11 is 0. The number of terminal acetylenes is 1. The third-order valence-electron chi connectivity index (χ3n) is 3.20. The maximum absolute atomic E-state index is 12.8. The summed E-state index contributed by atoms with van der Waals surface area (Å²) in [4.78, 5) is 12.1. The highest BCUT2D eigenvalue weighted by molar-refractivity contribution is 6.05. The van der Waals surface area contributed by atoms with Crippen molar-refractivity contribution in [3.05, 3.63) is 58.7 Å². The highest BCUT2D eigenvalue weighted by Gasteiger charge is 2.31. The molecule has 23 heavy (non-hydrogen) atoms. The maximum Gasteiger partial charge on any atom is 0.416 e. The molecule has 0 fully saturated rings. The Labute approximate surface area is 131 Å². The minimum atomic E-state index is -4.58. The van der Waals surface area contributed by atoms with E-state index in [-0.39, 0.29) is 11.3 Å². The number of alkyl halides is 3. The number of aryl methyl sites for hydroxylation is 1. The molecule has 0 bridgehead atoms. The zero-order chi connectivity index (χ0) is 17.2. The standard InChI is InChI=1S/C17H13F3N2O/c1-3-11-8-15(5-4-10(11)2)22-16(23)12-6-13(17(18,19)20)9-14(21)7-12/h1,4-9H,21H2,2H3,(H,22,23). The second kappa shape index (κ2) is 6.05. The number of halogens is 3. The lowest BCUT2D eigenvalue weighted by molar-refractivity contribution is -0.137. The van der Waals surface area contributed by atoms with Gasteiger partial charge in [-0.15, -0.1) is 6.42 Å². The number of rotatable bonds is 2. The van der Waals surface area contributed by atoms with Gasteiger partial charge in [0.2, 0.25) is 0 Å². The Kier molecular flexibility index (Phi) is 4.32. The smallest absolute Gasteiger partial charge is 0.399 e. The zero-order valence-electron chi connectivity index (χ0n) is 12.2. The molecule has 6 heteroatoms. The molecule has 0 heterocycles. The SMILES string of the molecule is C#Cc1cc(NC(=O)c2cc(N)cc(C(F)(F)F)c2)ccc1C. The van der Waals surface area contributed by atoms with Crippen LogP contribution in [-0.4, -0.2) is 5.91 Å². The Morgan fingerprint density at radius 2 is 1.91 bits per heavy atom. The average Bonchev–Trinajstić information content (AvgIpc) is 2.47. The van der Waals surface area contributed by atoms with Crippen molar-refractivity contribution in [2.75, 3.05) is 11.1 Å². The largest absolute Gasteiger partial charge is 0.416 e. The summed E-state index contributed by atoms with van der Waals surface area (Å²) < 4.78 is 38.3. The Morgan fingerprint density at radius 3 is 2.52 bits per heavy atom. The van der Waals surface area contributed by atoms with E-state index in [0.29, 0.717) is 11.3 Å². The van der Waals surface area contributed by atoms with Crippen LogP contribution >= 0.6 is 0 Å². The lowest BCUT2D eigenvalue weighted by Crippen LogP contribution is -2.15. The Balaban J connectivity index is 2.31. The number of nitrogen functional groups attached to an aromatic ring is 1. The summed E-state index contributed by atoms with van der Waals surface area (Å²) in [7, 11) is 0. The van der Waals surface area contributed by atoms with Crippen molar-refractivity contribution in [2.24, 2.45) is 0 Å². The normalized spacial score (nSPS) is 10.9. The minimum Gasteiger partial charge on any atom is -0.399 e. The van der Waals surface area contributed by atoms with Crippen LogP contribution in [0.5, 0.6) is 0 Å². The molecule has 0 aliphatic heterocycles. The molecule has 0 spiro atoms. The molecule has 0 saturated carbocycles. The first kappa shape index (κ1) is 16.4. The van der Waals surface area contributed by atoms with Crippen molar-refractivity contribution in [3.63, 3.8) is 0 Å². The van der Waals surface area contributed by atoms with Gasteiger partial charge in [0, 0.05) is 22.5 Å². The summed E-state index contributed by atoms with van der Waals surface area (Å²) in [5.41, 5.74) is 5.99. The van der Waals surface area contributed by atoms with Gasteiger partial charge in [-0.05, 0) is 42.8 Å². The van der Waals surface area contributed by atoms with Gasteiger partial charge in [-0.1, -0.05) is 12.0 Å². The van der Waals surface area contributed by atoms with E-state index in [1.165, 1.54) is 6.07 Å². The molecule has 118 valence electrons. The first-order valence-corrected chi connectivity index (χ1v) is 6.57. The van der Waals surface area contributed by atoms with Gasteiger partial charge in [0.05, 0.1) is 5.56 Å². The predicted molar refractivity (Wildman–Crippen MR) is 82.9 cm³/mol. The van der Waals surface area contributed by atoms with E-state index in [9.17, 15) is 18.0 Å². The van der Waals surface area contributed by atoms with Crippen molar-refractivity contribution < 1.29 is 18.0 Å². The monoisotopic (exact) mass is 318 g/mol. The summed E-state index contributed by atoms with van der Waals surface area (Å²) in [5.74, 6) is 1.77. The van der Waals surface area contributed by atoms with Gasteiger partial charge in [-0.3, -0.25) is 4.79 Å². The van der Waals surface area contributed by atoms with Gasteiger partial charge in [0.1, 0.15) is 0 Å². The second-order valence-electron chi connectivity index (χ2n) is 4.97. The number of carbonyl (C=O) groups is 1. The minimum absolute atomic E-state index is 0.141. The Bertz CT molecular complexity index is 804. The molecule has 2 rings (SSSR count). The van der Waals surface area contributed by atoms with Gasteiger partial charge in [-0.25, -0.2) is 0 Å². The van der Waals surface area contributed by atoms with Crippen molar-refractivity contribution in [3.8, 4) is 12.3 Å². The fraction of sp³-hybridized carbons (Fsp3) is 0.118. The van der Waals surface area contributed by atoms with E-state index >= 15 is 0 Å². The maximum atomic E-state index is 12.8. The van der Waals surface area contributed by atoms with Gasteiger partial charge in [0.25, 0.3) is 5.91 Å². The molecule has 0 aliphatic rings. The molecule has 2 aromatic carbocycles. The first-order valence-electron chi connectivity index (χ1n) is 6.57. The van der Waals surface area contributed by atoms with Gasteiger partial charge < -0.3 is 11.1 Å². The molecule has 0 aromatic heterocycles. The van der Waals surface area contributed by atoms with Gasteiger partial charge in [0.15, 0.2) is 0 Å². The summed E-state index contributed by atoms with van der Waals surface area (Å²) in [6.07, 6.45) is 0.766. The van der Waals surface area contributed by atoms with Crippen molar-refractivity contribution >= 4 is 17.3 Å². The molecule has 1 amide bonds. The number of nitrogens with one attached hydrogen (secondary N) is 1. The summed E-state index contributed by atoms with van der Waals surface area (Å²) in [5, 5.41) is 2.51. The molecule has 3 N–H and O–H groups in total. The van der Waals surface area contributed by atoms with Crippen LogP contribution in [0.2, 0.25) is 0 Å². The number of hydrogen-bond acceptors (Lipinski definition) is 2. The fourth-order valence-electron chi connectivity index (χ4n) is 2.00. The van der Waals surface area contributed by atoms with Crippen LogP contribution < -0.4 is 11.1 Å². The van der Waals surface area contributed by atoms with Crippen LogP contribution in [0.4, 0.5) is 24.5 Å². The van der Waals surface area contributed by atoms with E-state index in [1.54, 1.807) is 18.2 Å². The van der Waals surface area contributed by atoms with Crippen LogP contribution in [0.1, 0.15) is 27.0 Å². The van der Waals surface area contributed by atoms with Gasteiger partial charge >= 0.3 is 6.18 Å². The highest BCUT2D eigenvalue weighted by atomic mass is 19.4. The molecular weight excluding hydrogens is 305 g/mol. The van der Waals surface area contributed by atoms with E-state index in [4.69, 9.17) is 12.2 Å². The molecular formula is C17H13F3N2O. The van der Waals surface area contributed by atoms with Crippen molar-refractivity contribution in [1.29, 1.82) is 0 Å². The van der Waals surface area contributed by atoms with Crippen LogP contribution in [-0.2, 0) is 6.18 Å². The van der Waals surface area contributed by atoms with E-state index in [0.717, 1.165) is 17.7 Å². The molecule has 0 unspecified atom stereocenters. The summed E-state index contributed by atoms with van der Waals surface area (Å²) in [6, 6.07) is 7.61. The average molecular weight is 318 g/mol. The van der Waals surface area contributed by atoms with Crippen molar-refractivity contribution in [1.82, 2.24) is 0 Å². The number of nitrogens with two attached hydrogens (primary N) is 1. The lowest BCUT2D eigenvalue weighted by atomic mass is 10.1. The van der Waals surface area contributed by atoms with E-state index in [2.05, 4.69) is 11.2 Å². The molecule has 3 nitrogen and oxygen atoms in total. The number of carbonyl (C=O) groups excluding carboxylic acids is 1. The number of anilines is 2. The highest BCUT2D eigenvalue weighted by Crippen LogP contribution is 2.31. The second-order valence-corrected chi connectivity index (χ2v) is 4.97. The molecule has 0 atom stereocenters. The van der Waals surface area contributed by atoms with E-state index in [1.807, 2.05) is 6.92 Å². The summed E-state index contributed by atoms with van der Waals surface area (Å²) in [6.45, 7) is 1.81. The molecule has 2 aromatic rings. The Hall–Kier alpha value is -2.94. The first-order chi connectivity index (χ1) is 10.7. The van der Waals surface area contributed by atoms with E-state index < -0.39 is 17.6 Å². The topological polar surface area (TPSA) is 55.1 Å². The Morgan fingerprint density at radius 1 is 1.22 bits per heavy atom. The van der Waals surface area contributed by atoms with Gasteiger partial charge in [-0.2, -0.15) is 13.2 Å². The number of hydrogen-bond donors (Lipinski definition) is 2. The van der Waals surface area contributed by atoms with Crippen LogP contribution in [0.25, 0.3) is 0 Å². The zero-order valence-corrected chi connectivity index (χ0v) is 12.2. The van der Waals surface area contributed by atoms with Crippen LogP contribution in [0, 0.1) is 19.3 Å².